The molecule has 0 aliphatic carbocycles. The lowest BCUT2D eigenvalue weighted by molar-refractivity contribution is -0.207. The number of benzene rings is 1. The molecule has 0 radical (unpaired) electrons. The smallest absolute Gasteiger partial charge is 0.379 e. The number of aryl methyl sites for hydroxylation is 3. The quantitative estimate of drug-likeness (QED) is 0.767. The van der Waals surface area contributed by atoms with Gasteiger partial charge in [0.2, 0.25) is 0 Å². The van der Waals surface area contributed by atoms with Gasteiger partial charge in [-0.1, -0.05) is 17.7 Å². The van der Waals surface area contributed by atoms with Crippen molar-refractivity contribution in [2.75, 3.05) is 0 Å². The van der Waals surface area contributed by atoms with Crippen molar-refractivity contribution >= 4 is 0 Å². The third-order valence-electron chi connectivity index (χ3n) is 2.32. The van der Waals surface area contributed by atoms with Gasteiger partial charge in [-0.05, 0) is 37.5 Å². The molecule has 1 aromatic carbocycles. The second kappa shape index (κ2) is 3.85. The van der Waals surface area contributed by atoms with Gasteiger partial charge in [0.05, 0.1) is 0 Å². The van der Waals surface area contributed by atoms with E-state index in [4.69, 9.17) is 0 Å². The molecule has 1 unspecified atom stereocenters. The van der Waals surface area contributed by atoms with E-state index in [-0.39, 0.29) is 5.56 Å². The molecule has 4 heteroatoms. The van der Waals surface area contributed by atoms with E-state index in [9.17, 15) is 18.3 Å². The fraction of sp³-hybridized carbons (Fsp3) is 0.455. The molecule has 0 saturated heterocycles. The van der Waals surface area contributed by atoms with Crippen LogP contribution in [0.3, 0.4) is 0 Å². The van der Waals surface area contributed by atoms with Crippen molar-refractivity contribution < 1.29 is 18.3 Å². The summed E-state index contributed by atoms with van der Waals surface area (Å²) in [5.74, 6) is 0. The molecule has 0 heterocycles. The number of hydrogen-bond donors (Lipinski definition) is 1. The summed E-state index contributed by atoms with van der Waals surface area (Å²) in [5.41, 5.74) is 1.80. The van der Waals surface area contributed by atoms with Crippen LogP contribution in [-0.2, 0) is 0 Å². The van der Waals surface area contributed by atoms with Gasteiger partial charge in [0.1, 0.15) is 0 Å². The standard InChI is InChI=1S/C11H13F3O/c1-6-4-7(2)9(8(3)5-6)10(15)11(12,13)14/h4-5,10,15H,1-3H3. The highest BCUT2D eigenvalue weighted by atomic mass is 19.4. The zero-order chi connectivity index (χ0) is 11.8. The summed E-state index contributed by atoms with van der Waals surface area (Å²) in [6.45, 7) is 4.96. The normalized spacial score (nSPS) is 14.1. The van der Waals surface area contributed by atoms with Crippen molar-refractivity contribution in [1.29, 1.82) is 0 Å². The van der Waals surface area contributed by atoms with E-state index < -0.39 is 12.3 Å². The topological polar surface area (TPSA) is 20.2 Å². The highest BCUT2D eigenvalue weighted by molar-refractivity contribution is 5.39. The van der Waals surface area contributed by atoms with Crippen molar-refractivity contribution in [3.63, 3.8) is 0 Å². The minimum Gasteiger partial charge on any atom is -0.379 e. The largest absolute Gasteiger partial charge is 0.418 e. The highest BCUT2D eigenvalue weighted by Gasteiger charge is 2.40. The van der Waals surface area contributed by atoms with Crippen molar-refractivity contribution in [2.24, 2.45) is 0 Å². The molecule has 0 fully saturated rings. The minimum absolute atomic E-state index is 0.0342. The number of aliphatic hydroxyl groups excluding tert-OH is 1. The van der Waals surface area contributed by atoms with Crippen molar-refractivity contribution in [2.45, 2.75) is 33.1 Å². The second-order valence-corrected chi connectivity index (χ2v) is 3.76. The Morgan fingerprint density at radius 2 is 1.47 bits per heavy atom. The van der Waals surface area contributed by atoms with Gasteiger partial charge in [-0.3, -0.25) is 0 Å². The highest BCUT2D eigenvalue weighted by Crippen LogP contribution is 2.35. The number of hydrogen-bond acceptors (Lipinski definition) is 1. The van der Waals surface area contributed by atoms with Gasteiger partial charge in [0.15, 0.2) is 6.10 Å². The van der Waals surface area contributed by atoms with Crippen LogP contribution in [-0.4, -0.2) is 11.3 Å². The predicted octanol–water partition coefficient (Wildman–Crippen LogP) is 3.21. The summed E-state index contributed by atoms with van der Waals surface area (Å²) in [6.07, 6.45) is -7.00. The molecule has 0 aliphatic rings. The fourth-order valence-electron chi connectivity index (χ4n) is 1.79. The summed E-state index contributed by atoms with van der Waals surface area (Å²) in [6, 6.07) is 3.27. The Bertz CT molecular complexity index is 346. The summed E-state index contributed by atoms with van der Waals surface area (Å²) in [4.78, 5) is 0. The SMILES string of the molecule is Cc1cc(C)c(C(O)C(F)(F)F)c(C)c1. The lowest BCUT2D eigenvalue weighted by atomic mass is 9.95. The molecule has 1 rings (SSSR count). The summed E-state index contributed by atoms with van der Waals surface area (Å²) in [7, 11) is 0. The molecule has 1 N–H and O–H groups in total. The van der Waals surface area contributed by atoms with Crippen LogP contribution in [0.2, 0.25) is 0 Å². The van der Waals surface area contributed by atoms with Crippen LogP contribution in [0, 0.1) is 20.8 Å². The van der Waals surface area contributed by atoms with Gasteiger partial charge < -0.3 is 5.11 Å². The van der Waals surface area contributed by atoms with Gasteiger partial charge in [-0.15, -0.1) is 0 Å². The molecule has 1 atom stereocenters. The minimum atomic E-state index is -4.61. The first-order chi connectivity index (χ1) is 6.73. The number of halogens is 3. The maximum Gasteiger partial charge on any atom is 0.418 e. The van der Waals surface area contributed by atoms with Crippen molar-refractivity contribution in [3.05, 3.63) is 34.4 Å². The lowest BCUT2D eigenvalue weighted by Gasteiger charge is -2.19. The van der Waals surface area contributed by atoms with E-state index in [0.29, 0.717) is 11.1 Å². The molecule has 15 heavy (non-hydrogen) atoms. The van der Waals surface area contributed by atoms with E-state index >= 15 is 0 Å². The summed E-state index contributed by atoms with van der Waals surface area (Å²) >= 11 is 0. The Kier molecular flexibility index (Phi) is 3.09. The van der Waals surface area contributed by atoms with E-state index in [1.807, 2.05) is 6.92 Å². The Morgan fingerprint density at radius 3 is 1.80 bits per heavy atom. The average molecular weight is 218 g/mol. The molecule has 84 valence electrons. The molecular weight excluding hydrogens is 205 g/mol. The van der Waals surface area contributed by atoms with Gasteiger partial charge in [-0.25, -0.2) is 0 Å². The second-order valence-electron chi connectivity index (χ2n) is 3.76. The summed E-state index contributed by atoms with van der Waals surface area (Å²) in [5, 5.41) is 9.18. The summed E-state index contributed by atoms with van der Waals surface area (Å²) < 4.78 is 37.0. The molecule has 0 saturated carbocycles. The van der Waals surface area contributed by atoms with Crippen LogP contribution in [0.15, 0.2) is 12.1 Å². The Morgan fingerprint density at radius 1 is 1.07 bits per heavy atom. The fourth-order valence-corrected chi connectivity index (χ4v) is 1.79. The number of alkyl halides is 3. The lowest BCUT2D eigenvalue weighted by Crippen LogP contribution is -2.22. The molecule has 0 amide bonds. The van der Waals surface area contributed by atoms with E-state index in [2.05, 4.69) is 0 Å². The van der Waals surface area contributed by atoms with Crippen molar-refractivity contribution in [1.82, 2.24) is 0 Å². The Hall–Kier alpha value is -1.03. The van der Waals surface area contributed by atoms with Gasteiger partial charge in [0.25, 0.3) is 0 Å². The molecular formula is C11H13F3O. The third-order valence-corrected chi connectivity index (χ3v) is 2.32. The Labute approximate surface area is 86.5 Å². The van der Waals surface area contributed by atoms with Gasteiger partial charge in [-0.2, -0.15) is 13.2 Å². The van der Waals surface area contributed by atoms with Crippen molar-refractivity contribution in [3.8, 4) is 0 Å². The van der Waals surface area contributed by atoms with Crippen LogP contribution in [0.1, 0.15) is 28.4 Å². The molecule has 0 aromatic heterocycles. The molecule has 1 nitrogen and oxygen atoms in total. The molecule has 0 aliphatic heterocycles. The zero-order valence-corrected chi connectivity index (χ0v) is 8.81. The molecule has 1 aromatic rings. The van der Waals surface area contributed by atoms with Crippen LogP contribution >= 0.6 is 0 Å². The maximum atomic E-state index is 12.3. The first kappa shape index (κ1) is 12.0. The van der Waals surface area contributed by atoms with Gasteiger partial charge >= 0.3 is 6.18 Å². The average Bonchev–Trinajstić information content (AvgIpc) is 1.99. The van der Waals surface area contributed by atoms with E-state index in [1.165, 1.54) is 0 Å². The zero-order valence-electron chi connectivity index (χ0n) is 8.81. The van der Waals surface area contributed by atoms with E-state index in [0.717, 1.165) is 5.56 Å². The Balaban J connectivity index is 3.26. The maximum absolute atomic E-state index is 12.3. The molecule has 0 bridgehead atoms. The van der Waals surface area contributed by atoms with Crippen LogP contribution in [0.5, 0.6) is 0 Å². The first-order valence-electron chi connectivity index (χ1n) is 4.56. The number of rotatable bonds is 1. The third kappa shape index (κ3) is 2.50. The van der Waals surface area contributed by atoms with Crippen LogP contribution in [0.25, 0.3) is 0 Å². The number of aliphatic hydroxyl groups is 1. The first-order valence-corrected chi connectivity index (χ1v) is 4.56. The van der Waals surface area contributed by atoms with Gasteiger partial charge in [0, 0.05) is 0 Å². The molecule has 0 spiro atoms. The predicted molar refractivity (Wildman–Crippen MR) is 51.7 cm³/mol. The monoisotopic (exact) mass is 218 g/mol. The van der Waals surface area contributed by atoms with E-state index in [1.54, 1.807) is 26.0 Å². The van der Waals surface area contributed by atoms with Crippen LogP contribution in [0.4, 0.5) is 13.2 Å². The van der Waals surface area contributed by atoms with Crippen LogP contribution < -0.4 is 0 Å².